The molecule has 0 bridgehead atoms. The van der Waals surface area contributed by atoms with Crippen molar-refractivity contribution in [3.05, 3.63) is 111 Å². The SMILES string of the molecule is CCOC(=O)C1=C(C)NC2=C(C(=O)c3ccccc32)[C@@H]1c1cc(I)c(OCc2ccc(Br)cc2)c(I)c1. The van der Waals surface area contributed by atoms with E-state index < -0.39 is 11.9 Å². The average Bonchev–Trinajstić information content (AvgIpc) is 3.15. The van der Waals surface area contributed by atoms with Crippen LogP contribution in [0, 0.1) is 7.14 Å². The van der Waals surface area contributed by atoms with E-state index >= 15 is 0 Å². The van der Waals surface area contributed by atoms with Gasteiger partial charge in [0.25, 0.3) is 0 Å². The van der Waals surface area contributed by atoms with E-state index in [1.165, 1.54) is 0 Å². The van der Waals surface area contributed by atoms with Gasteiger partial charge in [0.05, 0.1) is 25.0 Å². The summed E-state index contributed by atoms with van der Waals surface area (Å²) in [6, 6.07) is 19.6. The summed E-state index contributed by atoms with van der Waals surface area (Å²) in [5, 5.41) is 3.34. The predicted octanol–water partition coefficient (Wildman–Crippen LogP) is 7.37. The van der Waals surface area contributed by atoms with Gasteiger partial charge in [-0.3, -0.25) is 4.79 Å². The molecule has 2 aliphatic rings. The minimum absolute atomic E-state index is 0.0713. The third-order valence-corrected chi connectivity index (χ3v) is 8.53. The molecule has 8 heteroatoms. The number of hydrogen-bond acceptors (Lipinski definition) is 5. The summed E-state index contributed by atoms with van der Waals surface area (Å²) in [4.78, 5) is 26.9. The molecule has 188 valence electrons. The molecule has 5 rings (SSSR count). The summed E-state index contributed by atoms with van der Waals surface area (Å²) in [7, 11) is 0. The number of halogens is 3. The number of allylic oxidation sites excluding steroid dienone is 2. The van der Waals surface area contributed by atoms with Gasteiger partial charge in [0.1, 0.15) is 12.4 Å². The number of benzene rings is 3. The van der Waals surface area contributed by atoms with Crippen LogP contribution in [-0.2, 0) is 16.1 Å². The molecule has 0 saturated carbocycles. The van der Waals surface area contributed by atoms with Crippen LogP contribution >= 0.6 is 61.1 Å². The van der Waals surface area contributed by atoms with E-state index in [1.807, 2.05) is 67.6 Å². The quantitative estimate of drug-likeness (QED) is 0.209. The second-order valence-electron chi connectivity index (χ2n) is 8.71. The number of ether oxygens (including phenoxy) is 2. The van der Waals surface area contributed by atoms with Crippen LogP contribution < -0.4 is 10.1 Å². The van der Waals surface area contributed by atoms with Crippen molar-refractivity contribution in [3.63, 3.8) is 0 Å². The lowest BCUT2D eigenvalue weighted by Gasteiger charge is -2.29. The van der Waals surface area contributed by atoms with Crippen LogP contribution in [-0.4, -0.2) is 18.4 Å². The molecule has 0 fully saturated rings. The van der Waals surface area contributed by atoms with Crippen LogP contribution in [0.15, 0.2) is 82.0 Å². The lowest BCUT2D eigenvalue weighted by molar-refractivity contribution is -0.138. The van der Waals surface area contributed by atoms with Crippen molar-refractivity contribution in [1.82, 2.24) is 5.32 Å². The first kappa shape index (κ1) is 26.4. The number of ketones is 1. The number of fused-ring (bicyclic) bond motifs is 2. The summed E-state index contributed by atoms with van der Waals surface area (Å²) in [6.07, 6.45) is 0. The largest absolute Gasteiger partial charge is 0.487 e. The Balaban J connectivity index is 1.57. The topological polar surface area (TPSA) is 64.6 Å². The second-order valence-corrected chi connectivity index (χ2v) is 11.9. The lowest BCUT2D eigenvalue weighted by atomic mass is 9.80. The first-order valence-electron chi connectivity index (χ1n) is 11.7. The molecule has 5 nitrogen and oxygen atoms in total. The van der Waals surface area contributed by atoms with Crippen LogP contribution in [0.3, 0.4) is 0 Å². The molecule has 0 unspecified atom stereocenters. The van der Waals surface area contributed by atoms with Crippen LogP contribution in [0.1, 0.15) is 46.8 Å². The standard InChI is InChI=1S/C29H22BrI2NO4/c1-3-36-29(35)23-15(2)33-26-19-6-4-5-7-20(19)27(34)25(26)24(23)17-12-21(31)28(22(32)13-17)37-14-16-8-10-18(30)11-9-16/h4-13,24,33H,3,14H2,1-2H3/t24-/m1/s1. The molecule has 0 radical (unpaired) electrons. The molecule has 0 amide bonds. The van der Waals surface area contributed by atoms with Crippen LogP contribution in [0.4, 0.5) is 0 Å². The van der Waals surface area contributed by atoms with Gasteiger partial charge in [0.15, 0.2) is 5.78 Å². The van der Waals surface area contributed by atoms with E-state index in [9.17, 15) is 9.59 Å². The Morgan fingerprint density at radius 3 is 2.32 bits per heavy atom. The molecular weight excluding hydrogens is 760 g/mol. The first-order chi connectivity index (χ1) is 17.8. The molecule has 0 saturated heterocycles. The Labute approximate surface area is 251 Å². The molecule has 1 atom stereocenters. The third kappa shape index (κ3) is 4.99. The van der Waals surface area contributed by atoms with Crippen molar-refractivity contribution < 1.29 is 19.1 Å². The monoisotopic (exact) mass is 781 g/mol. The van der Waals surface area contributed by atoms with Crippen LogP contribution in [0.5, 0.6) is 5.75 Å². The van der Waals surface area contributed by atoms with Crippen molar-refractivity contribution in [2.45, 2.75) is 26.4 Å². The second kappa shape index (κ2) is 10.9. The maximum absolute atomic E-state index is 13.7. The summed E-state index contributed by atoms with van der Waals surface area (Å²) < 4.78 is 14.5. The molecule has 1 aliphatic carbocycles. The Hall–Kier alpha value is -2.18. The Morgan fingerprint density at radius 2 is 1.68 bits per heavy atom. The van der Waals surface area contributed by atoms with Crippen molar-refractivity contribution in [1.29, 1.82) is 0 Å². The van der Waals surface area contributed by atoms with Gasteiger partial charge in [-0.1, -0.05) is 52.3 Å². The van der Waals surface area contributed by atoms with E-state index in [1.54, 1.807) is 6.92 Å². The van der Waals surface area contributed by atoms with E-state index in [4.69, 9.17) is 9.47 Å². The normalized spacial score (nSPS) is 16.4. The smallest absolute Gasteiger partial charge is 0.336 e. The fraction of sp³-hybridized carbons (Fsp3) is 0.172. The summed E-state index contributed by atoms with van der Waals surface area (Å²) in [5.74, 6) is -0.278. The highest BCUT2D eigenvalue weighted by Crippen LogP contribution is 2.48. The first-order valence-corrected chi connectivity index (χ1v) is 14.6. The number of carbonyl (C=O) groups excluding carboxylic acids is 2. The van der Waals surface area contributed by atoms with E-state index in [0.717, 1.165) is 39.7 Å². The number of rotatable bonds is 6. The molecule has 1 heterocycles. The van der Waals surface area contributed by atoms with E-state index in [0.29, 0.717) is 29.0 Å². The minimum atomic E-state index is -0.558. The Kier molecular flexibility index (Phi) is 7.78. The van der Waals surface area contributed by atoms with E-state index in [-0.39, 0.29) is 12.4 Å². The molecule has 1 N–H and O–H groups in total. The highest BCUT2D eigenvalue weighted by Gasteiger charge is 2.43. The highest BCUT2D eigenvalue weighted by molar-refractivity contribution is 14.1. The number of dihydropyridines is 1. The van der Waals surface area contributed by atoms with Gasteiger partial charge in [0, 0.05) is 32.8 Å². The minimum Gasteiger partial charge on any atom is -0.487 e. The number of Topliss-reactive ketones (excluding diaryl/α,β-unsaturated/α-hetero) is 1. The fourth-order valence-corrected chi connectivity index (χ4v) is 7.15. The predicted molar refractivity (Wildman–Crippen MR) is 163 cm³/mol. The Morgan fingerprint density at radius 1 is 1.03 bits per heavy atom. The highest BCUT2D eigenvalue weighted by atomic mass is 127. The third-order valence-electron chi connectivity index (χ3n) is 6.39. The molecule has 1 aliphatic heterocycles. The number of hydrogen-bond donors (Lipinski definition) is 1. The van der Waals surface area contributed by atoms with E-state index in [2.05, 4.69) is 66.4 Å². The van der Waals surface area contributed by atoms with Gasteiger partial charge >= 0.3 is 5.97 Å². The van der Waals surface area contributed by atoms with Gasteiger partial charge in [-0.15, -0.1) is 0 Å². The molecule has 0 aromatic heterocycles. The Bertz CT molecular complexity index is 1470. The molecule has 3 aromatic carbocycles. The summed E-state index contributed by atoms with van der Waals surface area (Å²) in [6.45, 7) is 4.33. The van der Waals surface area contributed by atoms with Crippen LogP contribution in [0.25, 0.3) is 5.70 Å². The van der Waals surface area contributed by atoms with Gasteiger partial charge in [-0.25, -0.2) is 4.79 Å². The maximum Gasteiger partial charge on any atom is 0.336 e. The lowest BCUT2D eigenvalue weighted by Crippen LogP contribution is -2.29. The van der Waals surface area contributed by atoms with Crippen molar-refractivity contribution in [2.75, 3.05) is 6.61 Å². The summed E-state index contributed by atoms with van der Waals surface area (Å²) >= 11 is 7.98. The number of carbonyl (C=O) groups is 2. The van der Waals surface area contributed by atoms with Crippen molar-refractivity contribution in [2.24, 2.45) is 0 Å². The molecule has 3 aromatic rings. The molecular formula is C29H22BrI2NO4. The molecule has 37 heavy (non-hydrogen) atoms. The van der Waals surface area contributed by atoms with Gasteiger partial charge in [-0.05, 0) is 94.4 Å². The zero-order chi connectivity index (χ0) is 26.3. The van der Waals surface area contributed by atoms with Crippen molar-refractivity contribution in [3.8, 4) is 5.75 Å². The number of nitrogens with one attached hydrogen (secondary N) is 1. The summed E-state index contributed by atoms with van der Waals surface area (Å²) in [5.41, 5.74) is 5.88. The fourth-order valence-electron chi connectivity index (χ4n) is 4.76. The molecule has 0 spiro atoms. The number of esters is 1. The van der Waals surface area contributed by atoms with Crippen molar-refractivity contribution >= 4 is 78.6 Å². The van der Waals surface area contributed by atoms with Gasteiger partial charge in [-0.2, -0.15) is 0 Å². The van der Waals surface area contributed by atoms with Gasteiger partial charge < -0.3 is 14.8 Å². The van der Waals surface area contributed by atoms with Gasteiger partial charge in [0.2, 0.25) is 0 Å². The van der Waals surface area contributed by atoms with Crippen LogP contribution in [0.2, 0.25) is 0 Å². The zero-order valence-electron chi connectivity index (χ0n) is 20.0. The average molecular weight is 782 g/mol. The zero-order valence-corrected chi connectivity index (χ0v) is 25.9. The maximum atomic E-state index is 13.7.